The van der Waals surface area contributed by atoms with Gasteiger partial charge in [0.25, 0.3) is 0 Å². The average Bonchev–Trinajstić information content (AvgIpc) is 2.55. The molecule has 0 unspecified atom stereocenters. The summed E-state index contributed by atoms with van der Waals surface area (Å²) >= 11 is 0. The molecule has 0 bridgehead atoms. The van der Waals surface area contributed by atoms with E-state index in [0.29, 0.717) is 0 Å². The lowest BCUT2D eigenvalue weighted by molar-refractivity contribution is 0.102. The number of benzene rings is 2. The molecule has 21 heavy (non-hydrogen) atoms. The summed E-state index contributed by atoms with van der Waals surface area (Å²) in [6.07, 6.45) is 3.65. The van der Waals surface area contributed by atoms with E-state index in [1.165, 1.54) is 5.56 Å². The summed E-state index contributed by atoms with van der Waals surface area (Å²) in [4.78, 5) is 12.5. The van der Waals surface area contributed by atoms with Crippen LogP contribution in [0.1, 0.15) is 40.9 Å². The van der Waals surface area contributed by atoms with E-state index in [1.54, 1.807) is 0 Å². The lowest BCUT2D eigenvalue weighted by Gasteiger charge is -2.19. The maximum atomic E-state index is 12.5. The van der Waals surface area contributed by atoms with Gasteiger partial charge in [-0.05, 0) is 30.9 Å². The molecule has 3 rings (SSSR count). The molecule has 1 N–H and O–H groups in total. The number of nitrogens with one attached hydrogen (secondary N) is 1. The van der Waals surface area contributed by atoms with Gasteiger partial charge in [0.15, 0.2) is 5.78 Å². The van der Waals surface area contributed by atoms with Crippen molar-refractivity contribution >= 4 is 5.78 Å². The lowest BCUT2D eigenvalue weighted by atomic mass is 9.87. The van der Waals surface area contributed by atoms with Gasteiger partial charge in [-0.25, -0.2) is 0 Å². The summed E-state index contributed by atoms with van der Waals surface area (Å²) in [5.74, 6) is 0.157. The van der Waals surface area contributed by atoms with Crippen LogP contribution in [0.25, 0.3) is 0 Å². The Balaban J connectivity index is 1.75. The van der Waals surface area contributed by atoms with E-state index in [9.17, 15) is 4.79 Å². The van der Waals surface area contributed by atoms with Crippen LogP contribution >= 0.6 is 0 Å². The van der Waals surface area contributed by atoms with E-state index in [-0.39, 0.29) is 11.8 Å². The minimum Gasteiger partial charge on any atom is -0.384 e. The largest absolute Gasteiger partial charge is 0.384 e. The molecular formula is C19H19NO. The summed E-state index contributed by atoms with van der Waals surface area (Å²) in [6, 6.07) is 18.3. The third kappa shape index (κ3) is 2.89. The van der Waals surface area contributed by atoms with E-state index in [1.807, 2.05) is 48.7 Å². The SMILES string of the molecule is C[C@H](N/C=C1/CCc2ccccc2C1=O)c1ccccc1. The molecule has 2 aromatic rings. The zero-order valence-corrected chi connectivity index (χ0v) is 12.2. The second-order valence-electron chi connectivity index (χ2n) is 5.45. The van der Waals surface area contributed by atoms with Gasteiger partial charge in [0.05, 0.1) is 0 Å². The Morgan fingerprint density at radius 2 is 1.71 bits per heavy atom. The van der Waals surface area contributed by atoms with Crippen LogP contribution in [0.3, 0.4) is 0 Å². The lowest BCUT2D eigenvalue weighted by Crippen LogP contribution is -2.19. The van der Waals surface area contributed by atoms with Crippen LogP contribution in [0.5, 0.6) is 0 Å². The summed E-state index contributed by atoms with van der Waals surface area (Å²) in [6.45, 7) is 2.10. The van der Waals surface area contributed by atoms with E-state index in [0.717, 1.165) is 29.5 Å². The number of fused-ring (bicyclic) bond motifs is 1. The summed E-state index contributed by atoms with van der Waals surface area (Å²) in [5, 5.41) is 3.35. The van der Waals surface area contributed by atoms with Gasteiger partial charge < -0.3 is 5.32 Å². The number of allylic oxidation sites excluding steroid dienone is 1. The summed E-state index contributed by atoms with van der Waals surface area (Å²) in [7, 11) is 0. The molecule has 0 aromatic heterocycles. The Hall–Kier alpha value is -2.35. The first-order chi connectivity index (χ1) is 10.3. The third-order valence-corrected chi connectivity index (χ3v) is 4.02. The molecule has 106 valence electrons. The molecule has 2 heteroatoms. The van der Waals surface area contributed by atoms with Crippen molar-refractivity contribution in [3.8, 4) is 0 Å². The van der Waals surface area contributed by atoms with Crippen LogP contribution < -0.4 is 5.32 Å². The van der Waals surface area contributed by atoms with Crippen molar-refractivity contribution < 1.29 is 4.79 Å². The van der Waals surface area contributed by atoms with E-state index in [4.69, 9.17) is 0 Å². The summed E-state index contributed by atoms with van der Waals surface area (Å²) < 4.78 is 0. The van der Waals surface area contributed by atoms with Gasteiger partial charge in [0, 0.05) is 23.4 Å². The quantitative estimate of drug-likeness (QED) is 0.858. The number of ketones is 1. The third-order valence-electron chi connectivity index (χ3n) is 4.02. The molecule has 0 radical (unpaired) electrons. The van der Waals surface area contributed by atoms with Gasteiger partial charge >= 0.3 is 0 Å². The standard InChI is InChI=1S/C19H19NO/c1-14(15-7-3-2-4-8-15)20-13-17-12-11-16-9-5-6-10-18(16)19(17)21/h2-10,13-14,20H,11-12H2,1H3/b17-13-/t14-/m0/s1. The number of carbonyl (C=O) groups excluding carboxylic acids is 1. The molecule has 0 aliphatic heterocycles. The fourth-order valence-corrected chi connectivity index (χ4v) is 2.72. The van der Waals surface area contributed by atoms with Gasteiger partial charge in [-0.15, -0.1) is 0 Å². The molecule has 0 spiro atoms. The maximum Gasteiger partial charge on any atom is 0.190 e. The highest BCUT2D eigenvalue weighted by Crippen LogP contribution is 2.24. The second-order valence-corrected chi connectivity index (χ2v) is 5.45. The van der Waals surface area contributed by atoms with E-state index in [2.05, 4.69) is 24.4 Å². The Morgan fingerprint density at radius 3 is 2.52 bits per heavy atom. The Morgan fingerprint density at radius 1 is 1.00 bits per heavy atom. The number of Topliss-reactive ketones (excluding diaryl/α,β-unsaturated/α-hetero) is 1. The van der Waals surface area contributed by atoms with Gasteiger partial charge in [-0.2, -0.15) is 0 Å². The molecule has 1 aliphatic carbocycles. The van der Waals surface area contributed by atoms with Crippen molar-refractivity contribution in [1.29, 1.82) is 0 Å². The van der Waals surface area contributed by atoms with Crippen molar-refractivity contribution in [3.05, 3.63) is 83.1 Å². The van der Waals surface area contributed by atoms with Gasteiger partial charge in [-0.1, -0.05) is 54.6 Å². The number of hydrogen-bond donors (Lipinski definition) is 1. The molecule has 0 heterocycles. The molecule has 0 amide bonds. The predicted molar refractivity (Wildman–Crippen MR) is 85.2 cm³/mol. The van der Waals surface area contributed by atoms with Gasteiger partial charge in [0.1, 0.15) is 0 Å². The Kier molecular flexibility index (Phi) is 3.87. The van der Waals surface area contributed by atoms with E-state index >= 15 is 0 Å². The number of hydrogen-bond acceptors (Lipinski definition) is 2. The molecule has 0 fully saturated rings. The monoisotopic (exact) mass is 277 g/mol. The van der Waals surface area contributed by atoms with Crippen molar-refractivity contribution in [1.82, 2.24) is 5.32 Å². The topological polar surface area (TPSA) is 29.1 Å². The van der Waals surface area contributed by atoms with Crippen molar-refractivity contribution in [2.45, 2.75) is 25.8 Å². The first kappa shape index (κ1) is 13.6. The van der Waals surface area contributed by atoms with Crippen molar-refractivity contribution in [2.75, 3.05) is 0 Å². The zero-order valence-electron chi connectivity index (χ0n) is 12.2. The van der Waals surface area contributed by atoms with Crippen molar-refractivity contribution in [3.63, 3.8) is 0 Å². The highest BCUT2D eigenvalue weighted by Gasteiger charge is 2.21. The second kappa shape index (κ2) is 5.96. The van der Waals surface area contributed by atoms with Crippen LogP contribution in [-0.2, 0) is 6.42 Å². The normalized spacial score (nSPS) is 17.4. The van der Waals surface area contributed by atoms with Crippen LogP contribution in [0.15, 0.2) is 66.4 Å². The zero-order chi connectivity index (χ0) is 14.7. The molecule has 0 saturated heterocycles. The number of aryl methyl sites for hydroxylation is 1. The Labute approximate surface area is 125 Å². The molecule has 1 aliphatic rings. The Bertz CT molecular complexity index is 673. The first-order valence-corrected chi connectivity index (χ1v) is 7.38. The smallest absolute Gasteiger partial charge is 0.190 e. The minimum absolute atomic E-state index is 0.157. The van der Waals surface area contributed by atoms with Crippen LogP contribution in [0, 0.1) is 0 Å². The average molecular weight is 277 g/mol. The highest BCUT2D eigenvalue weighted by atomic mass is 16.1. The van der Waals surface area contributed by atoms with Crippen LogP contribution in [0.2, 0.25) is 0 Å². The number of carbonyl (C=O) groups is 1. The number of rotatable bonds is 3. The molecular weight excluding hydrogens is 258 g/mol. The minimum atomic E-state index is 0.157. The van der Waals surface area contributed by atoms with Crippen LogP contribution in [-0.4, -0.2) is 5.78 Å². The van der Waals surface area contributed by atoms with Gasteiger partial charge in [-0.3, -0.25) is 4.79 Å². The van der Waals surface area contributed by atoms with Gasteiger partial charge in [0.2, 0.25) is 0 Å². The predicted octanol–water partition coefficient (Wildman–Crippen LogP) is 4.05. The van der Waals surface area contributed by atoms with Crippen molar-refractivity contribution in [2.24, 2.45) is 0 Å². The fraction of sp³-hybridized carbons (Fsp3) is 0.211. The fourth-order valence-electron chi connectivity index (χ4n) is 2.72. The molecule has 2 nitrogen and oxygen atoms in total. The molecule has 0 saturated carbocycles. The van der Waals surface area contributed by atoms with E-state index < -0.39 is 0 Å². The highest BCUT2D eigenvalue weighted by molar-refractivity contribution is 6.10. The maximum absolute atomic E-state index is 12.5. The molecule has 2 aromatic carbocycles. The summed E-state index contributed by atoms with van der Waals surface area (Å²) in [5.41, 5.74) is 4.11. The van der Waals surface area contributed by atoms with Crippen LogP contribution in [0.4, 0.5) is 0 Å². The molecule has 1 atom stereocenters. The first-order valence-electron chi connectivity index (χ1n) is 7.38.